The van der Waals surface area contributed by atoms with Crippen molar-refractivity contribution in [3.05, 3.63) is 52.9 Å². The van der Waals surface area contributed by atoms with Crippen molar-refractivity contribution in [2.24, 2.45) is 0 Å². The first kappa shape index (κ1) is 17.4. The van der Waals surface area contributed by atoms with Crippen molar-refractivity contribution >= 4 is 23.1 Å². The Bertz CT molecular complexity index is 969. The molecule has 8 heteroatoms. The first-order chi connectivity index (χ1) is 13.7. The van der Waals surface area contributed by atoms with Gasteiger partial charge in [-0.1, -0.05) is 11.3 Å². The average molecular weight is 395 g/mol. The number of hydrogen-bond donors (Lipinski definition) is 0. The number of carbonyl (C=O) groups excluding carboxylic acids is 1. The summed E-state index contributed by atoms with van der Waals surface area (Å²) in [4.78, 5) is 22.4. The topological polar surface area (TPSA) is 67.2 Å². The van der Waals surface area contributed by atoms with E-state index in [4.69, 9.17) is 0 Å². The first-order valence-corrected chi connectivity index (χ1v) is 10.5. The molecule has 2 aliphatic rings. The fraction of sp³-hybridized carbons (Fsp3) is 0.400. The van der Waals surface area contributed by atoms with Crippen molar-refractivity contribution in [3.63, 3.8) is 0 Å². The number of anilines is 1. The molecule has 1 saturated carbocycles. The fourth-order valence-electron chi connectivity index (χ4n) is 3.54. The van der Waals surface area contributed by atoms with Crippen LogP contribution in [0.3, 0.4) is 0 Å². The molecular formula is C20H22N6OS. The number of aryl methyl sites for hydroxylation is 1. The maximum Gasteiger partial charge on any atom is 0.266 e. The lowest BCUT2D eigenvalue weighted by Crippen LogP contribution is -2.49. The van der Waals surface area contributed by atoms with E-state index in [9.17, 15) is 4.79 Å². The molecule has 28 heavy (non-hydrogen) atoms. The van der Waals surface area contributed by atoms with Crippen LogP contribution < -0.4 is 4.90 Å². The summed E-state index contributed by atoms with van der Waals surface area (Å²) in [5.41, 5.74) is 1.90. The Hall–Kier alpha value is -2.74. The first-order valence-electron chi connectivity index (χ1n) is 9.67. The molecule has 3 aromatic heterocycles. The molecule has 0 unspecified atom stereocenters. The summed E-state index contributed by atoms with van der Waals surface area (Å²) >= 11 is 1.45. The molecule has 1 saturated heterocycles. The Morgan fingerprint density at radius 1 is 1.07 bits per heavy atom. The zero-order valence-corrected chi connectivity index (χ0v) is 16.6. The third-order valence-corrected chi connectivity index (χ3v) is 6.52. The molecule has 1 aliphatic carbocycles. The van der Waals surface area contributed by atoms with Gasteiger partial charge in [0.05, 0.1) is 11.4 Å². The Labute approximate surface area is 167 Å². The Morgan fingerprint density at radius 2 is 1.82 bits per heavy atom. The number of carbonyl (C=O) groups is 1. The second-order valence-electron chi connectivity index (χ2n) is 7.37. The number of nitrogens with zero attached hydrogens (tertiary/aromatic N) is 6. The van der Waals surface area contributed by atoms with Crippen LogP contribution in [0.25, 0.3) is 5.13 Å². The second kappa shape index (κ2) is 7.01. The number of aromatic nitrogens is 4. The highest BCUT2D eigenvalue weighted by Gasteiger charge is 2.28. The summed E-state index contributed by atoms with van der Waals surface area (Å²) in [6.07, 6.45) is 6.36. The quantitative estimate of drug-likeness (QED) is 0.681. The van der Waals surface area contributed by atoms with E-state index in [2.05, 4.69) is 32.2 Å². The van der Waals surface area contributed by atoms with Crippen molar-refractivity contribution in [1.29, 1.82) is 0 Å². The normalized spacial score (nSPS) is 17.2. The average Bonchev–Trinajstić information content (AvgIpc) is 3.29. The zero-order valence-electron chi connectivity index (χ0n) is 15.8. The Kier molecular flexibility index (Phi) is 4.35. The molecular weight excluding hydrogens is 372 g/mol. The van der Waals surface area contributed by atoms with E-state index < -0.39 is 0 Å². The molecule has 0 N–H and O–H groups in total. The van der Waals surface area contributed by atoms with Gasteiger partial charge in [-0.15, -0.1) is 5.10 Å². The molecule has 0 radical (unpaired) electrons. The van der Waals surface area contributed by atoms with E-state index in [0.29, 0.717) is 19.0 Å². The van der Waals surface area contributed by atoms with Crippen LogP contribution in [0, 0.1) is 6.92 Å². The molecule has 7 nitrogen and oxygen atoms in total. The van der Waals surface area contributed by atoms with Gasteiger partial charge in [0, 0.05) is 44.5 Å². The van der Waals surface area contributed by atoms with Crippen LogP contribution in [0.4, 0.5) is 5.82 Å². The lowest BCUT2D eigenvalue weighted by molar-refractivity contribution is 0.0750. The number of rotatable bonds is 4. The van der Waals surface area contributed by atoms with Gasteiger partial charge < -0.3 is 14.4 Å². The van der Waals surface area contributed by atoms with Gasteiger partial charge in [0.1, 0.15) is 4.88 Å². The summed E-state index contributed by atoms with van der Waals surface area (Å²) in [6.45, 7) is 4.81. The van der Waals surface area contributed by atoms with Crippen molar-refractivity contribution < 1.29 is 4.79 Å². The Balaban J connectivity index is 1.24. The molecule has 1 aliphatic heterocycles. The molecule has 0 bridgehead atoms. The lowest BCUT2D eigenvalue weighted by Gasteiger charge is -2.35. The van der Waals surface area contributed by atoms with Crippen LogP contribution in [0.1, 0.15) is 39.8 Å². The largest absolute Gasteiger partial charge is 0.352 e. The predicted octanol–water partition coefficient (Wildman–Crippen LogP) is 2.87. The van der Waals surface area contributed by atoms with Gasteiger partial charge in [-0.3, -0.25) is 4.79 Å². The SMILES string of the molecule is Cc1nc(-n2cccc2)sc1C(=O)N1CCN(c2ccc(C3CC3)nn2)CC1. The van der Waals surface area contributed by atoms with E-state index in [1.807, 2.05) is 40.9 Å². The molecule has 0 aromatic carbocycles. The molecule has 1 amide bonds. The molecule has 2 fully saturated rings. The van der Waals surface area contributed by atoms with Crippen LogP contribution in [0.5, 0.6) is 0 Å². The highest BCUT2D eigenvalue weighted by atomic mass is 32.1. The molecule has 0 atom stereocenters. The fourth-order valence-corrected chi connectivity index (χ4v) is 4.54. The van der Waals surface area contributed by atoms with Crippen molar-refractivity contribution in [2.45, 2.75) is 25.7 Å². The van der Waals surface area contributed by atoms with Crippen LogP contribution in [-0.4, -0.2) is 56.7 Å². The van der Waals surface area contributed by atoms with Gasteiger partial charge in [-0.25, -0.2) is 4.98 Å². The Morgan fingerprint density at radius 3 is 2.46 bits per heavy atom. The van der Waals surface area contributed by atoms with Gasteiger partial charge in [-0.05, 0) is 44.0 Å². The van der Waals surface area contributed by atoms with E-state index in [1.165, 1.54) is 24.2 Å². The standard InChI is InChI=1S/C20H22N6OS/c1-14-18(28-20(21-14)26-8-2-3-9-26)19(27)25-12-10-24(11-13-25)17-7-6-16(22-23-17)15-4-5-15/h2-3,6-9,15H,4-5,10-13H2,1H3. The van der Waals surface area contributed by atoms with E-state index >= 15 is 0 Å². The highest BCUT2D eigenvalue weighted by molar-refractivity contribution is 7.16. The van der Waals surface area contributed by atoms with Crippen molar-refractivity contribution in [2.75, 3.05) is 31.1 Å². The summed E-state index contributed by atoms with van der Waals surface area (Å²) in [5.74, 6) is 1.60. The third-order valence-electron chi connectivity index (χ3n) is 5.36. The van der Waals surface area contributed by atoms with Crippen LogP contribution in [0.15, 0.2) is 36.7 Å². The number of thiazole rings is 1. The van der Waals surface area contributed by atoms with E-state index in [-0.39, 0.29) is 5.91 Å². The summed E-state index contributed by atoms with van der Waals surface area (Å²) in [5, 5.41) is 9.60. The molecule has 144 valence electrons. The maximum absolute atomic E-state index is 13.0. The molecule has 3 aromatic rings. The van der Waals surface area contributed by atoms with Crippen LogP contribution >= 0.6 is 11.3 Å². The van der Waals surface area contributed by atoms with Gasteiger partial charge >= 0.3 is 0 Å². The van der Waals surface area contributed by atoms with Gasteiger partial charge in [-0.2, -0.15) is 5.10 Å². The van der Waals surface area contributed by atoms with Crippen LogP contribution in [0.2, 0.25) is 0 Å². The minimum Gasteiger partial charge on any atom is -0.352 e. The van der Waals surface area contributed by atoms with Crippen molar-refractivity contribution in [1.82, 2.24) is 24.6 Å². The van der Waals surface area contributed by atoms with Gasteiger partial charge in [0.25, 0.3) is 5.91 Å². The minimum atomic E-state index is 0.0724. The molecule has 0 spiro atoms. The number of amides is 1. The van der Waals surface area contributed by atoms with Crippen LogP contribution in [-0.2, 0) is 0 Å². The minimum absolute atomic E-state index is 0.0724. The highest BCUT2D eigenvalue weighted by Crippen LogP contribution is 2.38. The lowest BCUT2D eigenvalue weighted by atomic mass is 10.2. The van der Waals surface area contributed by atoms with E-state index in [0.717, 1.165) is 40.3 Å². The molecule has 4 heterocycles. The van der Waals surface area contributed by atoms with Crippen molar-refractivity contribution in [3.8, 4) is 5.13 Å². The number of piperazine rings is 1. The monoisotopic (exact) mass is 394 g/mol. The summed E-state index contributed by atoms with van der Waals surface area (Å²) in [6, 6.07) is 8.07. The molecule has 5 rings (SSSR count). The van der Waals surface area contributed by atoms with Gasteiger partial charge in [0.15, 0.2) is 10.9 Å². The van der Waals surface area contributed by atoms with Gasteiger partial charge in [0.2, 0.25) is 0 Å². The van der Waals surface area contributed by atoms with E-state index in [1.54, 1.807) is 0 Å². The third kappa shape index (κ3) is 3.28. The smallest absolute Gasteiger partial charge is 0.266 e. The zero-order chi connectivity index (χ0) is 19.1. The second-order valence-corrected chi connectivity index (χ2v) is 8.35. The summed E-state index contributed by atoms with van der Waals surface area (Å²) in [7, 11) is 0. The number of hydrogen-bond acceptors (Lipinski definition) is 6. The maximum atomic E-state index is 13.0. The predicted molar refractivity (Wildman–Crippen MR) is 108 cm³/mol. The summed E-state index contributed by atoms with van der Waals surface area (Å²) < 4.78 is 1.94.